The minimum Gasteiger partial charge on any atom is -0.483 e. The van der Waals surface area contributed by atoms with Gasteiger partial charge in [-0.3, -0.25) is 19.3 Å². The summed E-state index contributed by atoms with van der Waals surface area (Å²) in [7, 11) is 0. The molecule has 1 aliphatic rings. The van der Waals surface area contributed by atoms with E-state index < -0.39 is 5.91 Å². The van der Waals surface area contributed by atoms with Crippen LogP contribution in [0.1, 0.15) is 11.1 Å². The Balaban J connectivity index is 1.47. The average molecular weight is 639 g/mol. The van der Waals surface area contributed by atoms with Crippen molar-refractivity contribution in [2.75, 3.05) is 11.9 Å². The van der Waals surface area contributed by atoms with E-state index in [0.29, 0.717) is 27.0 Å². The van der Waals surface area contributed by atoms with Crippen molar-refractivity contribution in [2.45, 2.75) is 6.54 Å². The first-order valence-electron chi connectivity index (χ1n) is 10.3. The van der Waals surface area contributed by atoms with E-state index >= 15 is 0 Å². The molecule has 3 amide bonds. The van der Waals surface area contributed by atoms with E-state index in [1.165, 1.54) is 4.90 Å². The van der Waals surface area contributed by atoms with Crippen LogP contribution in [0.5, 0.6) is 5.75 Å². The third-order valence-corrected chi connectivity index (χ3v) is 6.99. The Kier molecular flexibility index (Phi) is 8.38. The van der Waals surface area contributed by atoms with Crippen molar-refractivity contribution in [1.29, 1.82) is 0 Å². The molecular weight excluding hydrogens is 622 g/mol. The van der Waals surface area contributed by atoms with Crippen molar-refractivity contribution >= 4 is 86.4 Å². The molecule has 1 heterocycles. The van der Waals surface area contributed by atoms with E-state index in [0.717, 1.165) is 20.9 Å². The number of hydrogen-bond acceptors (Lipinski definition) is 5. The molecule has 0 radical (unpaired) electrons. The number of thioether (sulfide) groups is 1. The van der Waals surface area contributed by atoms with Gasteiger partial charge in [0.05, 0.1) is 11.4 Å². The first-order valence-corrected chi connectivity index (χ1v) is 12.9. The number of rotatable bonds is 7. The topological polar surface area (TPSA) is 75.7 Å². The van der Waals surface area contributed by atoms with E-state index in [9.17, 15) is 14.4 Å². The summed E-state index contributed by atoms with van der Waals surface area (Å²) in [6.45, 7) is -0.0813. The van der Waals surface area contributed by atoms with E-state index in [1.54, 1.807) is 48.5 Å². The highest BCUT2D eigenvalue weighted by molar-refractivity contribution is 14.1. The Morgan fingerprint density at radius 2 is 1.69 bits per heavy atom. The van der Waals surface area contributed by atoms with E-state index in [2.05, 4.69) is 27.9 Å². The zero-order valence-electron chi connectivity index (χ0n) is 18.0. The van der Waals surface area contributed by atoms with Crippen molar-refractivity contribution in [3.63, 3.8) is 0 Å². The van der Waals surface area contributed by atoms with Gasteiger partial charge < -0.3 is 10.1 Å². The fourth-order valence-corrected chi connectivity index (χ4v) is 4.68. The highest BCUT2D eigenvalue weighted by Crippen LogP contribution is 2.35. The lowest BCUT2D eigenvalue weighted by Crippen LogP contribution is -2.27. The third-order valence-electron chi connectivity index (χ3n) is 4.87. The lowest BCUT2D eigenvalue weighted by atomic mass is 10.1. The van der Waals surface area contributed by atoms with Crippen LogP contribution in [0.25, 0.3) is 6.08 Å². The third kappa shape index (κ3) is 6.78. The molecule has 0 saturated carbocycles. The van der Waals surface area contributed by atoms with Gasteiger partial charge in [0.1, 0.15) is 5.75 Å². The van der Waals surface area contributed by atoms with Crippen LogP contribution in [0.2, 0.25) is 10.0 Å². The summed E-state index contributed by atoms with van der Waals surface area (Å²) in [5.74, 6) is -0.416. The monoisotopic (exact) mass is 638 g/mol. The number of imide groups is 1. The smallest absolute Gasteiger partial charge is 0.293 e. The maximum atomic E-state index is 12.9. The highest BCUT2D eigenvalue weighted by Gasteiger charge is 2.35. The number of carbonyl (C=O) groups excluding carboxylic acids is 3. The molecule has 6 nitrogen and oxygen atoms in total. The second-order valence-electron chi connectivity index (χ2n) is 7.42. The molecule has 1 saturated heterocycles. The largest absolute Gasteiger partial charge is 0.483 e. The quantitative estimate of drug-likeness (QED) is 0.226. The lowest BCUT2D eigenvalue weighted by Gasteiger charge is -2.12. The highest BCUT2D eigenvalue weighted by atomic mass is 127. The number of nitrogens with zero attached hydrogens (tertiary/aromatic N) is 1. The molecule has 0 bridgehead atoms. The number of benzene rings is 3. The van der Waals surface area contributed by atoms with E-state index in [-0.39, 0.29) is 29.2 Å². The summed E-state index contributed by atoms with van der Waals surface area (Å²) in [6, 6.07) is 19.1. The van der Waals surface area contributed by atoms with Crippen LogP contribution in [0.4, 0.5) is 10.5 Å². The van der Waals surface area contributed by atoms with Crippen molar-refractivity contribution < 1.29 is 19.1 Å². The average Bonchev–Trinajstić information content (AvgIpc) is 3.09. The normalized spacial score (nSPS) is 14.5. The molecule has 0 aliphatic carbocycles. The summed E-state index contributed by atoms with van der Waals surface area (Å²) in [6.07, 6.45) is 1.55. The van der Waals surface area contributed by atoms with Crippen LogP contribution in [-0.2, 0) is 16.1 Å². The zero-order chi connectivity index (χ0) is 24.9. The zero-order valence-corrected chi connectivity index (χ0v) is 22.5. The molecule has 1 aliphatic heterocycles. The molecule has 3 aromatic carbocycles. The number of nitrogens with one attached hydrogen (secondary N) is 1. The first kappa shape index (κ1) is 25.6. The van der Waals surface area contributed by atoms with Crippen molar-refractivity contribution in [1.82, 2.24) is 4.90 Å². The second-order valence-corrected chi connectivity index (χ2v) is 10.5. The van der Waals surface area contributed by atoms with Gasteiger partial charge in [0.25, 0.3) is 17.1 Å². The van der Waals surface area contributed by atoms with Gasteiger partial charge in [0, 0.05) is 24.9 Å². The minimum atomic E-state index is -0.398. The van der Waals surface area contributed by atoms with Gasteiger partial charge in [-0.1, -0.05) is 35.3 Å². The predicted octanol–water partition coefficient (Wildman–Crippen LogP) is 6.85. The molecular formula is C25H17Cl2IN2O4S. The van der Waals surface area contributed by atoms with Gasteiger partial charge in [0.15, 0.2) is 6.61 Å². The maximum Gasteiger partial charge on any atom is 0.293 e. The molecule has 4 rings (SSSR count). The maximum absolute atomic E-state index is 12.9. The molecule has 178 valence electrons. The molecule has 0 spiro atoms. The number of amides is 3. The Hall–Kier alpha value is -2.53. The van der Waals surface area contributed by atoms with Gasteiger partial charge in [-0.2, -0.15) is 0 Å². The van der Waals surface area contributed by atoms with Gasteiger partial charge >= 0.3 is 0 Å². The summed E-state index contributed by atoms with van der Waals surface area (Å²) in [5.41, 5.74) is 1.92. The number of anilines is 1. The van der Waals surface area contributed by atoms with Crippen molar-refractivity contribution in [2.24, 2.45) is 0 Å². The Bertz CT molecular complexity index is 1310. The van der Waals surface area contributed by atoms with Gasteiger partial charge in [-0.15, -0.1) is 0 Å². The van der Waals surface area contributed by atoms with Crippen LogP contribution in [-0.4, -0.2) is 28.6 Å². The number of hydrogen-bond donors (Lipinski definition) is 1. The first-order chi connectivity index (χ1) is 16.8. The Morgan fingerprint density at radius 3 is 2.40 bits per heavy atom. The molecule has 1 N–H and O–H groups in total. The fraction of sp³-hybridized carbons (Fsp3) is 0.0800. The SMILES string of the molecule is O=C(COc1ccc(Cl)cc1/C=C1\SC(=O)N(Cc2ccc(I)cc2)C1=O)Nc1ccc(Cl)cc1. The fourth-order valence-electron chi connectivity index (χ4n) is 3.19. The van der Waals surface area contributed by atoms with Crippen LogP contribution >= 0.6 is 57.6 Å². The lowest BCUT2D eigenvalue weighted by molar-refractivity contribution is -0.123. The van der Waals surface area contributed by atoms with Crippen molar-refractivity contribution in [3.05, 3.63) is 96.4 Å². The molecule has 10 heteroatoms. The van der Waals surface area contributed by atoms with Crippen molar-refractivity contribution in [3.8, 4) is 5.75 Å². The van der Waals surface area contributed by atoms with Crippen LogP contribution in [0, 0.1) is 3.57 Å². The molecule has 3 aromatic rings. The number of ether oxygens (including phenoxy) is 1. The Labute approximate surface area is 229 Å². The summed E-state index contributed by atoms with van der Waals surface area (Å²) in [4.78, 5) is 39.2. The summed E-state index contributed by atoms with van der Waals surface area (Å²) >= 11 is 15.1. The van der Waals surface area contributed by atoms with Crippen LogP contribution in [0.15, 0.2) is 71.6 Å². The molecule has 0 aromatic heterocycles. The minimum absolute atomic E-state index is 0.183. The van der Waals surface area contributed by atoms with E-state index in [4.69, 9.17) is 27.9 Å². The molecule has 0 unspecified atom stereocenters. The number of carbonyl (C=O) groups is 3. The van der Waals surface area contributed by atoms with Crippen LogP contribution in [0.3, 0.4) is 0 Å². The standard InChI is InChI=1S/C25H17Cl2IN2O4S/c26-17-3-8-20(9-4-17)29-23(31)14-34-21-10-5-18(27)11-16(21)12-22-24(32)30(25(33)35-22)13-15-1-6-19(28)7-2-15/h1-12H,13-14H2,(H,29,31)/b22-12-. The van der Waals surface area contributed by atoms with Crippen LogP contribution < -0.4 is 10.1 Å². The summed E-state index contributed by atoms with van der Waals surface area (Å²) < 4.78 is 6.76. The second kappa shape index (κ2) is 11.5. The predicted molar refractivity (Wildman–Crippen MR) is 148 cm³/mol. The van der Waals surface area contributed by atoms with Gasteiger partial charge in [-0.25, -0.2) is 0 Å². The van der Waals surface area contributed by atoms with Gasteiger partial charge in [-0.05, 0) is 101 Å². The number of halogens is 3. The Morgan fingerprint density at radius 1 is 1.00 bits per heavy atom. The van der Waals surface area contributed by atoms with Gasteiger partial charge in [0.2, 0.25) is 0 Å². The van der Waals surface area contributed by atoms with E-state index in [1.807, 2.05) is 24.3 Å². The molecule has 35 heavy (non-hydrogen) atoms. The molecule has 0 atom stereocenters. The summed E-state index contributed by atoms with van der Waals surface area (Å²) in [5, 5.41) is 3.35. The molecule has 1 fully saturated rings.